The summed E-state index contributed by atoms with van der Waals surface area (Å²) in [6, 6.07) is 10.5. The Morgan fingerprint density at radius 3 is 2.95 bits per heavy atom. The van der Waals surface area contributed by atoms with Crippen LogP contribution in [0, 0.1) is 0 Å². The Bertz CT molecular complexity index is 825. The molecule has 0 atom stereocenters. The van der Waals surface area contributed by atoms with Gasteiger partial charge in [0.1, 0.15) is 11.5 Å². The second-order valence-electron chi connectivity index (χ2n) is 3.95. The second kappa shape index (κ2) is 5.43. The normalized spacial score (nSPS) is 10.2. The number of ether oxygens (including phenoxy) is 1. The molecular weight excluding hydrogens is 296 g/mol. The standard InChI is InChI=1S/C14H7ClN2O2S/c15-12-6-10(16-8-18)1-3-13(12)19-11-2-4-14-9(5-11)7-17-20-14/h1-7H. The highest BCUT2D eigenvalue weighted by atomic mass is 35.5. The summed E-state index contributed by atoms with van der Waals surface area (Å²) >= 11 is 7.52. The topological polar surface area (TPSA) is 51.5 Å². The van der Waals surface area contributed by atoms with Crippen molar-refractivity contribution in [3.8, 4) is 11.5 Å². The lowest BCUT2D eigenvalue weighted by atomic mass is 10.2. The molecule has 20 heavy (non-hydrogen) atoms. The van der Waals surface area contributed by atoms with Crippen molar-refractivity contribution in [2.24, 2.45) is 4.99 Å². The lowest BCUT2D eigenvalue weighted by molar-refractivity contribution is 0.484. The Balaban J connectivity index is 1.91. The third kappa shape index (κ3) is 2.56. The van der Waals surface area contributed by atoms with E-state index in [1.54, 1.807) is 24.4 Å². The van der Waals surface area contributed by atoms with Crippen LogP contribution >= 0.6 is 23.1 Å². The molecular formula is C14H7ClN2O2S. The lowest BCUT2D eigenvalue weighted by Crippen LogP contribution is -1.84. The Morgan fingerprint density at radius 1 is 1.25 bits per heavy atom. The SMILES string of the molecule is O=C=Nc1ccc(Oc2ccc3sncc3c2)c(Cl)c1. The van der Waals surface area contributed by atoms with Gasteiger partial charge in [-0.3, -0.25) is 0 Å². The smallest absolute Gasteiger partial charge is 0.240 e. The van der Waals surface area contributed by atoms with E-state index in [2.05, 4.69) is 9.37 Å². The minimum Gasteiger partial charge on any atom is -0.456 e. The van der Waals surface area contributed by atoms with Crippen molar-refractivity contribution in [1.29, 1.82) is 0 Å². The zero-order valence-corrected chi connectivity index (χ0v) is 11.6. The van der Waals surface area contributed by atoms with Crippen LogP contribution in [0.1, 0.15) is 0 Å². The molecule has 0 aliphatic rings. The molecule has 3 rings (SSSR count). The maximum atomic E-state index is 10.2. The van der Waals surface area contributed by atoms with Gasteiger partial charge in [-0.05, 0) is 47.9 Å². The van der Waals surface area contributed by atoms with Crippen LogP contribution in [-0.2, 0) is 4.79 Å². The first-order valence-electron chi connectivity index (χ1n) is 5.66. The summed E-state index contributed by atoms with van der Waals surface area (Å²) in [5.41, 5.74) is 0.440. The van der Waals surface area contributed by atoms with E-state index in [0.29, 0.717) is 22.2 Å². The molecule has 0 radical (unpaired) electrons. The lowest BCUT2D eigenvalue weighted by Gasteiger charge is -2.07. The Kier molecular flexibility index (Phi) is 3.48. The van der Waals surface area contributed by atoms with Gasteiger partial charge in [0.15, 0.2) is 0 Å². The van der Waals surface area contributed by atoms with E-state index in [0.717, 1.165) is 10.1 Å². The van der Waals surface area contributed by atoms with Crippen LogP contribution in [0.4, 0.5) is 5.69 Å². The number of fused-ring (bicyclic) bond motifs is 1. The number of hydrogen-bond donors (Lipinski definition) is 0. The summed E-state index contributed by atoms with van der Waals surface area (Å²) in [4.78, 5) is 13.7. The van der Waals surface area contributed by atoms with Crippen molar-refractivity contribution in [3.63, 3.8) is 0 Å². The van der Waals surface area contributed by atoms with Gasteiger partial charge in [0.25, 0.3) is 0 Å². The van der Waals surface area contributed by atoms with Crippen molar-refractivity contribution >= 4 is 45.0 Å². The molecule has 6 heteroatoms. The number of hydrogen-bond acceptors (Lipinski definition) is 5. The van der Waals surface area contributed by atoms with Gasteiger partial charge >= 0.3 is 0 Å². The number of nitrogens with zero attached hydrogens (tertiary/aromatic N) is 2. The molecule has 0 amide bonds. The molecule has 98 valence electrons. The van der Waals surface area contributed by atoms with Crippen LogP contribution in [0.25, 0.3) is 10.1 Å². The van der Waals surface area contributed by atoms with E-state index in [4.69, 9.17) is 16.3 Å². The minimum atomic E-state index is 0.380. The Morgan fingerprint density at radius 2 is 2.15 bits per heavy atom. The third-order valence-electron chi connectivity index (χ3n) is 2.64. The molecule has 4 nitrogen and oxygen atoms in total. The quantitative estimate of drug-likeness (QED) is 0.520. The fraction of sp³-hybridized carbons (Fsp3) is 0. The average Bonchev–Trinajstić information content (AvgIpc) is 2.90. The van der Waals surface area contributed by atoms with E-state index >= 15 is 0 Å². The van der Waals surface area contributed by atoms with Crippen LogP contribution in [0.3, 0.4) is 0 Å². The molecule has 0 N–H and O–H groups in total. The fourth-order valence-corrected chi connectivity index (χ4v) is 2.57. The summed E-state index contributed by atoms with van der Waals surface area (Å²) in [7, 11) is 0. The molecule has 0 unspecified atom stereocenters. The van der Waals surface area contributed by atoms with Gasteiger partial charge in [-0.25, -0.2) is 4.79 Å². The predicted molar refractivity (Wildman–Crippen MR) is 78.9 cm³/mol. The summed E-state index contributed by atoms with van der Waals surface area (Å²) in [5, 5.41) is 1.40. The Labute approximate surface area is 123 Å². The first-order valence-corrected chi connectivity index (χ1v) is 6.81. The molecule has 0 aliphatic heterocycles. The van der Waals surface area contributed by atoms with Crippen LogP contribution in [-0.4, -0.2) is 10.5 Å². The van der Waals surface area contributed by atoms with Crippen molar-refractivity contribution in [3.05, 3.63) is 47.6 Å². The third-order valence-corrected chi connectivity index (χ3v) is 3.72. The average molecular weight is 303 g/mol. The van der Waals surface area contributed by atoms with Gasteiger partial charge in [-0.2, -0.15) is 9.37 Å². The highest BCUT2D eigenvalue weighted by Crippen LogP contribution is 2.33. The van der Waals surface area contributed by atoms with Crippen molar-refractivity contribution in [2.45, 2.75) is 0 Å². The van der Waals surface area contributed by atoms with Gasteiger partial charge < -0.3 is 4.74 Å². The fourth-order valence-electron chi connectivity index (χ4n) is 1.74. The molecule has 1 heterocycles. The molecule has 0 fully saturated rings. The summed E-state index contributed by atoms with van der Waals surface area (Å²) in [6.07, 6.45) is 3.26. The monoisotopic (exact) mass is 302 g/mol. The number of aliphatic imine (C=N–C) groups is 1. The van der Waals surface area contributed by atoms with Crippen LogP contribution < -0.4 is 4.74 Å². The largest absolute Gasteiger partial charge is 0.456 e. The van der Waals surface area contributed by atoms with Crippen molar-refractivity contribution in [2.75, 3.05) is 0 Å². The van der Waals surface area contributed by atoms with Crippen molar-refractivity contribution in [1.82, 2.24) is 4.37 Å². The number of rotatable bonds is 3. The summed E-state index contributed by atoms with van der Waals surface area (Å²) in [5.74, 6) is 1.17. The molecule has 0 aliphatic carbocycles. The van der Waals surface area contributed by atoms with Gasteiger partial charge in [-0.15, -0.1) is 0 Å². The number of benzene rings is 2. The maximum absolute atomic E-state index is 10.2. The van der Waals surface area contributed by atoms with Gasteiger partial charge in [0.05, 0.1) is 15.4 Å². The molecule has 0 spiro atoms. The number of carbonyl (C=O) groups excluding carboxylic acids is 1. The van der Waals surface area contributed by atoms with E-state index in [9.17, 15) is 4.79 Å². The zero-order valence-electron chi connectivity index (χ0n) is 10.0. The first kappa shape index (κ1) is 12.8. The summed E-state index contributed by atoms with van der Waals surface area (Å²) in [6.45, 7) is 0. The molecule has 0 saturated carbocycles. The minimum absolute atomic E-state index is 0.380. The van der Waals surface area contributed by atoms with Crippen molar-refractivity contribution < 1.29 is 9.53 Å². The maximum Gasteiger partial charge on any atom is 0.240 e. The zero-order chi connectivity index (χ0) is 13.9. The first-order chi connectivity index (χ1) is 9.76. The highest BCUT2D eigenvalue weighted by molar-refractivity contribution is 7.13. The van der Waals surface area contributed by atoms with Gasteiger partial charge in [-0.1, -0.05) is 11.6 Å². The van der Waals surface area contributed by atoms with Crippen LogP contribution in [0.15, 0.2) is 47.6 Å². The van der Waals surface area contributed by atoms with Crippen LogP contribution in [0.2, 0.25) is 5.02 Å². The highest BCUT2D eigenvalue weighted by Gasteiger charge is 2.06. The van der Waals surface area contributed by atoms with Gasteiger partial charge in [0, 0.05) is 11.6 Å². The van der Waals surface area contributed by atoms with E-state index in [1.807, 2.05) is 18.2 Å². The second-order valence-corrected chi connectivity index (χ2v) is 5.19. The molecule has 1 aromatic heterocycles. The summed E-state index contributed by atoms with van der Waals surface area (Å²) < 4.78 is 10.9. The molecule has 2 aromatic carbocycles. The Hall–Kier alpha value is -2.20. The number of aromatic nitrogens is 1. The van der Waals surface area contributed by atoms with E-state index in [-0.39, 0.29) is 0 Å². The van der Waals surface area contributed by atoms with Crippen LogP contribution in [0.5, 0.6) is 11.5 Å². The molecule has 0 bridgehead atoms. The van der Waals surface area contributed by atoms with Gasteiger partial charge in [0.2, 0.25) is 6.08 Å². The molecule has 3 aromatic rings. The van der Waals surface area contributed by atoms with E-state index in [1.165, 1.54) is 17.6 Å². The number of isocyanates is 1. The predicted octanol–water partition coefficient (Wildman–Crippen LogP) is 4.71. The van der Waals surface area contributed by atoms with E-state index < -0.39 is 0 Å². The molecule has 0 saturated heterocycles. The number of halogens is 1.